The first kappa shape index (κ1) is 14.8. The molecule has 6 heteroatoms. The van der Waals surface area contributed by atoms with E-state index >= 15 is 0 Å². The molecule has 2 nitrogen and oxygen atoms in total. The van der Waals surface area contributed by atoms with Gasteiger partial charge >= 0.3 is 0 Å². The third-order valence-electron chi connectivity index (χ3n) is 2.49. The van der Waals surface area contributed by atoms with Gasteiger partial charge in [0.25, 0.3) is 0 Å². The number of anilines is 1. The lowest BCUT2D eigenvalue weighted by Crippen LogP contribution is -2.00. The van der Waals surface area contributed by atoms with Gasteiger partial charge in [-0.15, -0.1) is 0 Å². The van der Waals surface area contributed by atoms with Gasteiger partial charge in [0, 0.05) is 11.0 Å². The van der Waals surface area contributed by atoms with Gasteiger partial charge in [-0.2, -0.15) is 0 Å². The number of phenolic OH excluding ortho intramolecular Hbond substituents is 1. The molecule has 2 rings (SSSR count). The lowest BCUT2D eigenvalue weighted by Gasteiger charge is -2.11. The summed E-state index contributed by atoms with van der Waals surface area (Å²) in [4.78, 5) is 0. The Bertz CT molecular complexity index is 596. The number of halogens is 4. The van der Waals surface area contributed by atoms with Crippen LogP contribution < -0.4 is 5.32 Å². The summed E-state index contributed by atoms with van der Waals surface area (Å²) in [5, 5.41) is 13.9. The van der Waals surface area contributed by atoms with E-state index in [9.17, 15) is 5.11 Å². The van der Waals surface area contributed by atoms with Crippen LogP contribution in [0.4, 0.5) is 5.69 Å². The van der Waals surface area contributed by atoms with Gasteiger partial charge in [-0.25, -0.2) is 0 Å². The summed E-state index contributed by atoms with van der Waals surface area (Å²) in [6.45, 7) is 0.501. The van der Waals surface area contributed by atoms with Crippen molar-refractivity contribution >= 4 is 56.4 Å². The smallest absolute Gasteiger partial charge is 0.134 e. The molecular weight excluding hydrogens is 372 g/mol. The van der Waals surface area contributed by atoms with Gasteiger partial charge in [-0.05, 0) is 29.8 Å². The summed E-state index contributed by atoms with van der Waals surface area (Å²) in [5.74, 6) is 0.0603. The van der Waals surface area contributed by atoms with Crippen LogP contribution in [0.3, 0.4) is 0 Å². The van der Waals surface area contributed by atoms with E-state index in [1.54, 1.807) is 30.3 Å². The standard InChI is InChI=1S/C13H9BrCl3NO/c14-8-4-10(16)13(11(17)5-8)18-6-7-1-2-12(19)9(15)3-7/h1-5,18-19H,6H2. The fraction of sp³-hybridized carbons (Fsp3) is 0.0769. The fourth-order valence-corrected chi connectivity index (χ4v) is 3.11. The first-order valence-electron chi connectivity index (χ1n) is 5.33. The van der Waals surface area contributed by atoms with Gasteiger partial charge in [0.1, 0.15) is 5.75 Å². The zero-order chi connectivity index (χ0) is 14.0. The fourth-order valence-electron chi connectivity index (χ4n) is 1.56. The number of phenols is 1. The minimum Gasteiger partial charge on any atom is -0.506 e. The molecule has 0 aromatic heterocycles. The Labute approximate surface area is 134 Å². The Morgan fingerprint density at radius 1 is 1.00 bits per heavy atom. The van der Waals surface area contributed by atoms with E-state index in [2.05, 4.69) is 21.2 Å². The molecule has 2 aromatic rings. The SMILES string of the molecule is Oc1ccc(CNc2c(Cl)cc(Br)cc2Cl)cc1Cl. The summed E-state index contributed by atoms with van der Waals surface area (Å²) in [5.41, 5.74) is 1.58. The van der Waals surface area contributed by atoms with Gasteiger partial charge in [0.05, 0.1) is 20.8 Å². The minimum absolute atomic E-state index is 0.0603. The summed E-state index contributed by atoms with van der Waals surface area (Å²) < 4.78 is 0.820. The number of hydrogen-bond acceptors (Lipinski definition) is 2. The second kappa shape index (κ2) is 6.23. The zero-order valence-corrected chi connectivity index (χ0v) is 13.4. The maximum absolute atomic E-state index is 9.35. The highest BCUT2D eigenvalue weighted by molar-refractivity contribution is 9.10. The number of benzene rings is 2. The van der Waals surface area contributed by atoms with Crippen LogP contribution in [0, 0.1) is 0 Å². The van der Waals surface area contributed by atoms with Gasteiger partial charge in [0.2, 0.25) is 0 Å². The van der Waals surface area contributed by atoms with Crippen molar-refractivity contribution in [3.05, 3.63) is 55.4 Å². The molecule has 0 fully saturated rings. The Morgan fingerprint density at radius 2 is 1.63 bits per heavy atom. The van der Waals surface area contributed by atoms with Crippen molar-refractivity contribution in [2.24, 2.45) is 0 Å². The third-order valence-corrected chi connectivity index (χ3v) is 3.85. The molecule has 0 unspecified atom stereocenters. The van der Waals surface area contributed by atoms with Gasteiger partial charge < -0.3 is 10.4 Å². The van der Waals surface area contributed by atoms with Crippen molar-refractivity contribution < 1.29 is 5.11 Å². The molecule has 0 radical (unpaired) electrons. The number of aromatic hydroxyl groups is 1. The van der Waals surface area contributed by atoms with Crippen LogP contribution in [0.2, 0.25) is 15.1 Å². The van der Waals surface area contributed by atoms with Crippen molar-refractivity contribution in [1.29, 1.82) is 0 Å². The van der Waals surface area contributed by atoms with E-state index in [4.69, 9.17) is 34.8 Å². The number of hydrogen-bond donors (Lipinski definition) is 2. The molecule has 0 spiro atoms. The molecule has 0 aliphatic heterocycles. The molecule has 0 saturated carbocycles. The molecule has 0 saturated heterocycles. The van der Waals surface area contributed by atoms with Crippen molar-refractivity contribution in [2.45, 2.75) is 6.54 Å². The average Bonchev–Trinajstić information content (AvgIpc) is 2.32. The lowest BCUT2D eigenvalue weighted by molar-refractivity contribution is 0.475. The maximum atomic E-state index is 9.35. The molecule has 0 aliphatic carbocycles. The van der Waals surface area contributed by atoms with Crippen LogP contribution in [0.25, 0.3) is 0 Å². The Hall–Kier alpha value is -0.610. The van der Waals surface area contributed by atoms with Crippen LogP contribution in [0.15, 0.2) is 34.8 Å². The van der Waals surface area contributed by atoms with Crippen molar-refractivity contribution in [2.75, 3.05) is 5.32 Å². The molecule has 0 heterocycles. The first-order valence-corrected chi connectivity index (χ1v) is 7.26. The average molecular weight is 381 g/mol. The van der Waals surface area contributed by atoms with E-state index in [1.807, 2.05) is 0 Å². The van der Waals surface area contributed by atoms with Crippen LogP contribution in [0.5, 0.6) is 5.75 Å². The molecule has 0 bridgehead atoms. The Balaban J connectivity index is 2.16. The number of nitrogens with one attached hydrogen (secondary N) is 1. The molecule has 100 valence electrons. The first-order chi connectivity index (χ1) is 8.97. The van der Waals surface area contributed by atoms with Crippen molar-refractivity contribution in [3.8, 4) is 5.75 Å². The summed E-state index contributed by atoms with van der Waals surface area (Å²) in [6.07, 6.45) is 0. The molecule has 19 heavy (non-hydrogen) atoms. The molecular formula is C13H9BrCl3NO. The van der Waals surface area contributed by atoms with Crippen LogP contribution >= 0.6 is 50.7 Å². The summed E-state index contributed by atoms with van der Waals surface area (Å²) >= 11 is 21.4. The van der Waals surface area contributed by atoms with E-state index in [-0.39, 0.29) is 5.75 Å². The molecule has 0 aliphatic rings. The highest BCUT2D eigenvalue weighted by Crippen LogP contribution is 2.34. The topological polar surface area (TPSA) is 32.3 Å². The monoisotopic (exact) mass is 379 g/mol. The van der Waals surface area contributed by atoms with Gasteiger partial charge in [0.15, 0.2) is 0 Å². The van der Waals surface area contributed by atoms with Crippen molar-refractivity contribution in [1.82, 2.24) is 0 Å². The van der Waals surface area contributed by atoms with E-state index in [0.717, 1.165) is 10.0 Å². The Kier molecular flexibility index (Phi) is 4.85. The van der Waals surface area contributed by atoms with Crippen LogP contribution in [-0.4, -0.2) is 5.11 Å². The zero-order valence-electron chi connectivity index (χ0n) is 9.55. The third kappa shape index (κ3) is 3.69. The largest absolute Gasteiger partial charge is 0.506 e. The molecule has 2 aromatic carbocycles. The van der Waals surface area contributed by atoms with Crippen LogP contribution in [-0.2, 0) is 6.54 Å². The quantitative estimate of drug-likeness (QED) is 0.712. The van der Waals surface area contributed by atoms with Gasteiger partial charge in [-0.3, -0.25) is 0 Å². The lowest BCUT2D eigenvalue weighted by atomic mass is 10.2. The van der Waals surface area contributed by atoms with E-state index in [1.165, 1.54) is 0 Å². The maximum Gasteiger partial charge on any atom is 0.134 e. The summed E-state index contributed by atoms with van der Waals surface area (Å²) in [6, 6.07) is 8.53. The minimum atomic E-state index is 0.0603. The summed E-state index contributed by atoms with van der Waals surface area (Å²) in [7, 11) is 0. The molecule has 0 amide bonds. The van der Waals surface area contributed by atoms with E-state index in [0.29, 0.717) is 27.3 Å². The van der Waals surface area contributed by atoms with Gasteiger partial charge in [-0.1, -0.05) is 56.8 Å². The molecule has 0 atom stereocenters. The van der Waals surface area contributed by atoms with Crippen molar-refractivity contribution in [3.63, 3.8) is 0 Å². The predicted octanol–water partition coefficient (Wildman–Crippen LogP) is 5.73. The Morgan fingerprint density at radius 3 is 2.21 bits per heavy atom. The second-order valence-corrected chi connectivity index (χ2v) is 6.02. The van der Waals surface area contributed by atoms with E-state index < -0.39 is 0 Å². The van der Waals surface area contributed by atoms with Crippen LogP contribution in [0.1, 0.15) is 5.56 Å². The second-order valence-electron chi connectivity index (χ2n) is 3.88. The predicted molar refractivity (Wildman–Crippen MR) is 84.6 cm³/mol. The highest BCUT2D eigenvalue weighted by atomic mass is 79.9. The molecule has 2 N–H and O–H groups in total. The number of rotatable bonds is 3. The normalized spacial score (nSPS) is 10.5. The highest BCUT2D eigenvalue weighted by Gasteiger charge is 2.08.